The van der Waals surface area contributed by atoms with Crippen molar-refractivity contribution in [2.24, 2.45) is 5.73 Å². The van der Waals surface area contributed by atoms with Crippen molar-refractivity contribution < 1.29 is 4.79 Å². The van der Waals surface area contributed by atoms with E-state index in [1.54, 1.807) is 0 Å². The van der Waals surface area contributed by atoms with E-state index in [1.165, 1.54) is 19.3 Å². The van der Waals surface area contributed by atoms with Gasteiger partial charge in [0.1, 0.15) is 0 Å². The lowest BCUT2D eigenvalue weighted by Gasteiger charge is -2.22. The average Bonchev–Trinajstić information content (AvgIpc) is 2.66. The molecule has 1 aliphatic rings. The van der Waals surface area contributed by atoms with Crippen molar-refractivity contribution in [3.63, 3.8) is 0 Å². The Bertz CT molecular complexity index is 198. The highest BCUT2D eigenvalue weighted by molar-refractivity contribution is 5.86. The van der Waals surface area contributed by atoms with Crippen molar-refractivity contribution in [1.29, 1.82) is 0 Å². The summed E-state index contributed by atoms with van der Waals surface area (Å²) in [4.78, 5) is 11.8. The number of rotatable bonds is 6. The minimum atomic E-state index is -0.551. The predicted octanol–water partition coefficient (Wildman–Crippen LogP) is 1.95. The molecule has 88 valence electrons. The molecule has 1 saturated carbocycles. The van der Waals surface area contributed by atoms with Gasteiger partial charge >= 0.3 is 0 Å². The molecule has 0 bridgehead atoms. The van der Waals surface area contributed by atoms with Gasteiger partial charge in [-0.3, -0.25) is 4.79 Å². The van der Waals surface area contributed by atoms with Gasteiger partial charge in [0.15, 0.2) is 0 Å². The monoisotopic (exact) mass is 212 g/mol. The Labute approximate surface area is 92.8 Å². The fourth-order valence-electron chi connectivity index (χ4n) is 2.16. The molecule has 3 heteroatoms. The number of hydrogen-bond donors (Lipinski definition) is 2. The first kappa shape index (κ1) is 12.5. The topological polar surface area (TPSA) is 55.1 Å². The second-order valence-corrected chi connectivity index (χ2v) is 4.68. The smallest absolute Gasteiger partial charge is 0.240 e. The number of unbranched alkanes of at least 4 members (excludes halogenated alkanes) is 3. The molecule has 0 spiro atoms. The number of carbonyl (C=O) groups excluding carboxylic acids is 1. The van der Waals surface area contributed by atoms with Crippen LogP contribution in [0.4, 0.5) is 0 Å². The van der Waals surface area contributed by atoms with Gasteiger partial charge in [-0.25, -0.2) is 0 Å². The predicted molar refractivity (Wildman–Crippen MR) is 62.5 cm³/mol. The van der Waals surface area contributed by atoms with Gasteiger partial charge in [-0.1, -0.05) is 39.0 Å². The van der Waals surface area contributed by atoms with Crippen LogP contribution in [0.5, 0.6) is 0 Å². The van der Waals surface area contributed by atoms with Gasteiger partial charge in [0, 0.05) is 6.54 Å². The molecule has 3 nitrogen and oxygen atoms in total. The summed E-state index contributed by atoms with van der Waals surface area (Å²) in [6, 6.07) is 0. The van der Waals surface area contributed by atoms with Crippen molar-refractivity contribution in [2.75, 3.05) is 6.54 Å². The number of carbonyl (C=O) groups is 1. The Kier molecular flexibility index (Phi) is 5.09. The summed E-state index contributed by atoms with van der Waals surface area (Å²) in [5.74, 6) is 0.0662. The zero-order valence-corrected chi connectivity index (χ0v) is 9.85. The quantitative estimate of drug-likeness (QED) is 0.661. The molecule has 0 saturated heterocycles. The van der Waals surface area contributed by atoms with Gasteiger partial charge in [-0.05, 0) is 19.3 Å². The Hall–Kier alpha value is -0.570. The van der Waals surface area contributed by atoms with Gasteiger partial charge in [-0.2, -0.15) is 0 Å². The molecule has 0 aromatic rings. The van der Waals surface area contributed by atoms with Crippen LogP contribution < -0.4 is 11.1 Å². The molecule has 0 unspecified atom stereocenters. The van der Waals surface area contributed by atoms with Gasteiger partial charge in [-0.15, -0.1) is 0 Å². The molecule has 0 radical (unpaired) electrons. The lowest BCUT2D eigenvalue weighted by atomic mass is 9.98. The first-order valence-corrected chi connectivity index (χ1v) is 6.26. The first-order valence-electron chi connectivity index (χ1n) is 6.26. The molecule has 0 atom stereocenters. The molecule has 1 rings (SSSR count). The first-order chi connectivity index (χ1) is 7.19. The molecule has 0 aromatic carbocycles. The summed E-state index contributed by atoms with van der Waals surface area (Å²) in [6.45, 7) is 2.98. The van der Waals surface area contributed by atoms with E-state index in [4.69, 9.17) is 5.73 Å². The Morgan fingerprint density at radius 1 is 1.27 bits per heavy atom. The van der Waals surface area contributed by atoms with E-state index in [1.807, 2.05) is 0 Å². The number of hydrogen-bond acceptors (Lipinski definition) is 2. The lowest BCUT2D eigenvalue weighted by Crippen LogP contribution is -2.52. The van der Waals surface area contributed by atoms with Crippen molar-refractivity contribution in [2.45, 2.75) is 63.8 Å². The summed E-state index contributed by atoms with van der Waals surface area (Å²) in [5, 5.41) is 2.96. The molecule has 15 heavy (non-hydrogen) atoms. The Morgan fingerprint density at radius 3 is 2.53 bits per heavy atom. The van der Waals surface area contributed by atoms with Crippen LogP contribution >= 0.6 is 0 Å². The summed E-state index contributed by atoms with van der Waals surface area (Å²) in [7, 11) is 0. The van der Waals surface area contributed by atoms with Crippen LogP contribution in [0.15, 0.2) is 0 Å². The van der Waals surface area contributed by atoms with Gasteiger partial charge < -0.3 is 11.1 Å². The normalized spacial score (nSPS) is 19.1. The zero-order valence-electron chi connectivity index (χ0n) is 9.85. The van der Waals surface area contributed by atoms with Crippen LogP contribution in [0.1, 0.15) is 58.3 Å². The lowest BCUT2D eigenvalue weighted by molar-refractivity contribution is -0.126. The molecule has 0 aliphatic heterocycles. The van der Waals surface area contributed by atoms with E-state index in [9.17, 15) is 4.79 Å². The van der Waals surface area contributed by atoms with Gasteiger partial charge in [0.2, 0.25) is 5.91 Å². The maximum Gasteiger partial charge on any atom is 0.240 e. The number of nitrogens with two attached hydrogens (primary N) is 1. The van der Waals surface area contributed by atoms with Crippen LogP contribution in [0.25, 0.3) is 0 Å². The second kappa shape index (κ2) is 6.11. The third kappa shape index (κ3) is 3.82. The van der Waals surface area contributed by atoms with Gasteiger partial charge in [0.05, 0.1) is 5.54 Å². The van der Waals surface area contributed by atoms with E-state index in [0.29, 0.717) is 0 Å². The fourth-order valence-corrected chi connectivity index (χ4v) is 2.16. The van der Waals surface area contributed by atoms with Crippen molar-refractivity contribution in [3.05, 3.63) is 0 Å². The highest BCUT2D eigenvalue weighted by Crippen LogP contribution is 2.27. The molecule has 1 aliphatic carbocycles. The van der Waals surface area contributed by atoms with E-state index >= 15 is 0 Å². The maximum atomic E-state index is 11.8. The number of amides is 1. The zero-order chi connectivity index (χ0) is 11.1. The Balaban J connectivity index is 2.12. The largest absolute Gasteiger partial charge is 0.355 e. The standard InChI is InChI=1S/C12H24N2O/c1-2-3-4-7-10-14-11(15)12(13)8-5-6-9-12/h2-10,13H2,1H3,(H,14,15). The van der Waals surface area contributed by atoms with Crippen LogP contribution in [-0.2, 0) is 4.79 Å². The van der Waals surface area contributed by atoms with Crippen LogP contribution in [-0.4, -0.2) is 18.0 Å². The van der Waals surface area contributed by atoms with Crippen LogP contribution in [0, 0.1) is 0 Å². The van der Waals surface area contributed by atoms with E-state index in [0.717, 1.165) is 38.6 Å². The fraction of sp³-hybridized carbons (Fsp3) is 0.917. The summed E-state index contributed by atoms with van der Waals surface area (Å²) < 4.78 is 0. The van der Waals surface area contributed by atoms with Crippen molar-refractivity contribution in [3.8, 4) is 0 Å². The SMILES string of the molecule is CCCCCCNC(=O)C1(N)CCCC1. The Morgan fingerprint density at radius 2 is 1.93 bits per heavy atom. The van der Waals surface area contributed by atoms with Crippen molar-refractivity contribution in [1.82, 2.24) is 5.32 Å². The maximum absolute atomic E-state index is 11.8. The minimum absolute atomic E-state index is 0.0662. The van der Waals surface area contributed by atoms with E-state index < -0.39 is 5.54 Å². The van der Waals surface area contributed by atoms with Gasteiger partial charge in [0.25, 0.3) is 0 Å². The average molecular weight is 212 g/mol. The molecule has 1 fully saturated rings. The molecule has 0 aromatic heterocycles. The summed E-state index contributed by atoms with van der Waals surface area (Å²) in [5.41, 5.74) is 5.48. The molecular weight excluding hydrogens is 188 g/mol. The molecule has 1 amide bonds. The van der Waals surface area contributed by atoms with E-state index in [-0.39, 0.29) is 5.91 Å². The molecule has 3 N–H and O–H groups in total. The summed E-state index contributed by atoms with van der Waals surface area (Å²) >= 11 is 0. The molecular formula is C12H24N2O. The highest BCUT2D eigenvalue weighted by atomic mass is 16.2. The van der Waals surface area contributed by atoms with Crippen LogP contribution in [0.3, 0.4) is 0 Å². The van der Waals surface area contributed by atoms with Crippen molar-refractivity contribution >= 4 is 5.91 Å². The van der Waals surface area contributed by atoms with E-state index in [2.05, 4.69) is 12.2 Å². The number of nitrogens with one attached hydrogen (secondary N) is 1. The third-order valence-corrected chi connectivity index (χ3v) is 3.26. The molecule has 0 heterocycles. The summed E-state index contributed by atoms with van der Waals surface area (Å²) in [6.07, 6.45) is 8.67. The second-order valence-electron chi connectivity index (χ2n) is 4.68. The van der Waals surface area contributed by atoms with Crippen LogP contribution in [0.2, 0.25) is 0 Å². The third-order valence-electron chi connectivity index (χ3n) is 3.26. The minimum Gasteiger partial charge on any atom is -0.355 e. The highest BCUT2D eigenvalue weighted by Gasteiger charge is 2.36.